The number of urea groups is 1. The molecule has 2 amide bonds. The maximum Gasteiger partial charge on any atom is 0.315 e. The highest BCUT2D eigenvalue weighted by Crippen LogP contribution is 2.56. The van der Waals surface area contributed by atoms with Gasteiger partial charge in [-0.3, -0.25) is 0 Å². The van der Waals surface area contributed by atoms with Crippen LogP contribution in [0.4, 0.5) is 4.79 Å². The Kier molecular flexibility index (Phi) is 3.78. The number of ether oxygens (including phenoxy) is 1. The Labute approximate surface area is 131 Å². The lowest BCUT2D eigenvalue weighted by atomic mass is 10.1. The van der Waals surface area contributed by atoms with E-state index < -0.39 is 0 Å². The fourth-order valence-electron chi connectivity index (χ4n) is 4.13. The van der Waals surface area contributed by atoms with E-state index in [-0.39, 0.29) is 6.03 Å². The first kappa shape index (κ1) is 14.1. The van der Waals surface area contributed by atoms with Gasteiger partial charge >= 0.3 is 6.03 Å². The summed E-state index contributed by atoms with van der Waals surface area (Å²) < 4.78 is 5.68. The van der Waals surface area contributed by atoms with Crippen LogP contribution >= 0.6 is 0 Å². The molecule has 4 nitrogen and oxygen atoms in total. The molecule has 2 N–H and O–H groups in total. The third-order valence-corrected chi connectivity index (χ3v) is 5.36. The first-order chi connectivity index (χ1) is 10.8. The number of hydrogen-bond donors (Lipinski definition) is 2. The minimum absolute atomic E-state index is 0.0207. The van der Waals surface area contributed by atoms with Gasteiger partial charge in [0.15, 0.2) is 0 Å². The highest BCUT2D eigenvalue weighted by Gasteiger charge is 2.56. The van der Waals surface area contributed by atoms with E-state index in [1.807, 2.05) is 0 Å². The number of hydrogen-bond acceptors (Lipinski definition) is 2. The van der Waals surface area contributed by atoms with Crippen molar-refractivity contribution in [2.24, 2.45) is 5.92 Å². The monoisotopic (exact) mass is 300 g/mol. The lowest BCUT2D eigenvalue weighted by molar-refractivity contribution is 0.0120. The number of fused-ring (bicyclic) bond motifs is 3. The summed E-state index contributed by atoms with van der Waals surface area (Å²) in [5.74, 6) is 1.16. The highest BCUT2D eigenvalue weighted by atomic mass is 16.5. The molecule has 0 unspecified atom stereocenters. The predicted octanol–water partition coefficient (Wildman–Crippen LogP) is 2.58. The summed E-state index contributed by atoms with van der Waals surface area (Å²) in [7, 11) is 0. The molecule has 1 aromatic rings. The Morgan fingerprint density at radius 3 is 3.05 bits per heavy atom. The zero-order valence-electron chi connectivity index (χ0n) is 12.9. The van der Waals surface area contributed by atoms with E-state index in [1.165, 1.54) is 24.0 Å². The fraction of sp³-hybridized carbons (Fsp3) is 0.611. The van der Waals surface area contributed by atoms with E-state index in [0.717, 1.165) is 25.9 Å². The molecule has 1 saturated carbocycles. The second-order valence-corrected chi connectivity index (χ2v) is 6.80. The van der Waals surface area contributed by atoms with Crippen LogP contribution in [0.2, 0.25) is 0 Å². The van der Waals surface area contributed by atoms with Crippen molar-refractivity contribution >= 4 is 6.03 Å². The molecule has 3 aliphatic rings. The first-order valence-electron chi connectivity index (χ1n) is 8.57. The number of benzene rings is 1. The maximum atomic E-state index is 12.0. The topological polar surface area (TPSA) is 50.4 Å². The summed E-state index contributed by atoms with van der Waals surface area (Å²) in [6.45, 7) is 1.58. The van der Waals surface area contributed by atoms with Gasteiger partial charge in [-0.25, -0.2) is 4.79 Å². The van der Waals surface area contributed by atoms with Crippen molar-refractivity contribution in [1.29, 1.82) is 0 Å². The van der Waals surface area contributed by atoms with E-state index in [1.54, 1.807) is 0 Å². The van der Waals surface area contributed by atoms with Gasteiger partial charge in [-0.15, -0.1) is 0 Å². The van der Waals surface area contributed by atoms with Crippen molar-refractivity contribution in [3.05, 3.63) is 35.4 Å². The van der Waals surface area contributed by atoms with Gasteiger partial charge in [-0.2, -0.15) is 0 Å². The molecule has 4 atom stereocenters. The molecule has 4 heteroatoms. The zero-order chi connectivity index (χ0) is 14.9. The summed E-state index contributed by atoms with van der Waals surface area (Å²) in [6.07, 6.45) is 5.93. The second kappa shape index (κ2) is 5.92. The quantitative estimate of drug-likeness (QED) is 0.898. The molecule has 1 aliphatic heterocycles. The Hall–Kier alpha value is -1.55. The van der Waals surface area contributed by atoms with Crippen molar-refractivity contribution < 1.29 is 9.53 Å². The summed E-state index contributed by atoms with van der Waals surface area (Å²) in [6, 6.07) is 8.93. The van der Waals surface area contributed by atoms with Crippen LogP contribution in [-0.2, 0) is 11.2 Å². The Morgan fingerprint density at radius 2 is 2.18 bits per heavy atom. The minimum Gasteiger partial charge on any atom is -0.378 e. The molecular formula is C18H24N2O2. The lowest BCUT2D eigenvalue weighted by Gasteiger charge is -2.22. The molecule has 1 aromatic carbocycles. The number of carbonyl (C=O) groups excluding carboxylic acids is 1. The molecule has 0 bridgehead atoms. The van der Waals surface area contributed by atoms with Gasteiger partial charge in [0.05, 0.1) is 6.10 Å². The van der Waals surface area contributed by atoms with Crippen LogP contribution in [0.1, 0.15) is 42.7 Å². The van der Waals surface area contributed by atoms with Gasteiger partial charge in [-0.05, 0) is 49.1 Å². The highest BCUT2D eigenvalue weighted by molar-refractivity contribution is 5.75. The molecule has 0 aromatic heterocycles. The summed E-state index contributed by atoms with van der Waals surface area (Å²) in [5, 5.41) is 6.13. The van der Waals surface area contributed by atoms with Crippen molar-refractivity contribution in [2.45, 2.75) is 50.2 Å². The zero-order valence-corrected chi connectivity index (χ0v) is 12.9. The molecule has 0 spiro atoms. The van der Waals surface area contributed by atoms with Gasteiger partial charge in [0.1, 0.15) is 0 Å². The van der Waals surface area contributed by atoms with Crippen LogP contribution in [-0.4, -0.2) is 31.3 Å². The number of carbonyl (C=O) groups is 1. The number of rotatable bonds is 4. The number of nitrogens with one attached hydrogen (secondary N) is 2. The molecule has 2 aliphatic carbocycles. The van der Waals surface area contributed by atoms with E-state index in [4.69, 9.17) is 4.74 Å². The Bertz CT molecular complexity index is 554. The minimum atomic E-state index is -0.0207. The summed E-state index contributed by atoms with van der Waals surface area (Å²) >= 11 is 0. The van der Waals surface area contributed by atoms with Gasteiger partial charge in [0.2, 0.25) is 0 Å². The predicted molar refractivity (Wildman–Crippen MR) is 84.9 cm³/mol. The van der Waals surface area contributed by atoms with Crippen LogP contribution in [0.15, 0.2) is 24.3 Å². The van der Waals surface area contributed by atoms with Crippen LogP contribution in [0.3, 0.4) is 0 Å². The molecule has 1 heterocycles. The van der Waals surface area contributed by atoms with Crippen LogP contribution in [0, 0.1) is 5.92 Å². The Morgan fingerprint density at radius 1 is 1.27 bits per heavy atom. The van der Waals surface area contributed by atoms with E-state index in [0.29, 0.717) is 30.5 Å². The third-order valence-electron chi connectivity index (χ3n) is 5.36. The van der Waals surface area contributed by atoms with Crippen LogP contribution < -0.4 is 10.6 Å². The smallest absolute Gasteiger partial charge is 0.315 e. The largest absolute Gasteiger partial charge is 0.378 e. The van der Waals surface area contributed by atoms with Crippen LogP contribution in [0.5, 0.6) is 0 Å². The SMILES string of the molecule is O=C(NCC[C@@H]1CCCCO1)N[C@@H]1[C@H]2Cc3ccccc3[C@@H]21. The summed E-state index contributed by atoms with van der Waals surface area (Å²) in [5.41, 5.74) is 2.90. The number of amides is 2. The van der Waals surface area contributed by atoms with Crippen molar-refractivity contribution in [3.8, 4) is 0 Å². The molecule has 118 valence electrons. The van der Waals surface area contributed by atoms with Gasteiger partial charge < -0.3 is 15.4 Å². The molecule has 4 rings (SSSR count). The molecule has 22 heavy (non-hydrogen) atoms. The second-order valence-electron chi connectivity index (χ2n) is 6.80. The molecule has 1 saturated heterocycles. The fourth-order valence-corrected chi connectivity index (χ4v) is 4.13. The summed E-state index contributed by atoms with van der Waals surface area (Å²) in [4.78, 5) is 12.0. The third kappa shape index (κ3) is 2.72. The van der Waals surface area contributed by atoms with Crippen molar-refractivity contribution in [3.63, 3.8) is 0 Å². The van der Waals surface area contributed by atoms with E-state index in [2.05, 4.69) is 34.9 Å². The van der Waals surface area contributed by atoms with Crippen molar-refractivity contribution in [1.82, 2.24) is 10.6 Å². The standard InChI is InChI=1S/C18H24N2O2/c21-18(19-9-8-13-6-3-4-10-22-13)20-17-15-11-12-5-1-2-7-14(12)16(15)17/h1-2,5,7,13,15-17H,3-4,6,8-11H2,(H2,19,20,21)/t13-,15-,16-,17+/m0/s1. The van der Waals surface area contributed by atoms with Gasteiger partial charge in [-0.1, -0.05) is 24.3 Å². The molecule has 0 radical (unpaired) electrons. The van der Waals surface area contributed by atoms with E-state index in [9.17, 15) is 4.79 Å². The average molecular weight is 300 g/mol. The van der Waals surface area contributed by atoms with Crippen LogP contribution in [0.25, 0.3) is 0 Å². The van der Waals surface area contributed by atoms with E-state index >= 15 is 0 Å². The Balaban J connectivity index is 1.20. The lowest BCUT2D eigenvalue weighted by Crippen LogP contribution is -2.39. The molecular weight excluding hydrogens is 276 g/mol. The van der Waals surface area contributed by atoms with Gasteiger partial charge in [0.25, 0.3) is 0 Å². The maximum absolute atomic E-state index is 12.0. The molecule has 2 fully saturated rings. The normalized spacial score (nSPS) is 32.0. The van der Waals surface area contributed by atoms with Gasteiger partial charge in [0, 0.05) is 25.1 Å². The average Bonchev–Trinajstić information content (AvgIpc) is 3.05. The first-order valence-corrected chi connectivity index (χ1v) is 8.57. The van der Waals surface area contributed by atoms with Crippen molar-refractivity contribution in [2.75, 3.05) is 13.2 Å².